The lowest BCUT2D eigenvalue weighted by Gasteiger charge is -2.41. The highest BCUT2D eigenvalue weighted by Crippen LogP contribution is 2.42. The van der Waals surface area contributed by atoms with Crippen molar-refractivity contribution in [2.75, 3.05) is 16.3 Å². The third-order valence-electron chi connectivity index (χ3n) is 5.80. The number of aromatic nitrogens is 2. The number of rotatable bonds is 3. The molecule has 0 unspecified atom stereocenters. The number of hydrogen-bond acceptors (Lipinski definition) is 3. The minimum Gasteiger partial charge on any atom is -0.308 e. The van der Waals surface area contributed by atoms with Crippen LogP contribution in [-0.2, 0) is 9.59 Å². The lowest BCUT2D eigenvalue weighted by molar-refractivity contribution is -0.120. The van der Waals surface area contributed by atoms with Crippen molar-refractivity contribution in [3.63, 3.8) is 0 Å². The molecule has 1 atom stereocenters. The molecule has 2 heterocycles. The predicted octanol–water partition coefficient (Wildman–Crippen LogP) is 3.38. The van der Waals surface area contributed by atoms with Crippen molar-refractivity contribution < 1.29 is 9.59 Å². The molecule has 5 rings (SSSR count). The van der Waals surface area contributed by atoms with E-state index in [1.165, 1.54) is 12.8 Å². The van der Waals surface area contributed by atoms with E-state index in [0.717, 1.165) is 35.3 Å². The Morgan fingerprint density at radius 1 is 1.07 bits per heavy atom. The summed E-state index contributed by atoms with van der Waals surface area (Å²) < 4.78 is 2.03. The van der Waals surface area contributed by atoms with Crippen LogP contribution in [0.25, 0.3) is 11.1 Å². The van der Waals surface area contributed by atoms with Gasteiger partial charge in [0, 0.05) is 31.1 Å². The first kappa shape index (κ1) is 16.5. The molecule has 0 spiro atoms. The Hall–Kier alpha value is -2.63. The van der Waals surface area contributed by atoms with E-state index in [1.54, 1.807) is 6.92 Å². The van der Waals surface area contributed by atoms with E-state index in [-0.39, 0.29) is 23.8 Å². The average Bonchev–Trinajstić information content (AvgIpc) is 3.58. The summed E-state index contributed by atoms with van der Waals surface area (Å²) in [7, 11) is 0. The maximum atomic E-state index is 12.9. The molecular formula is C21H24N4O2. The second kappa shape index (κ2) is 5.94. The SMILES string of the molecule is CC(=O)N1c2ccc(-c3cnn(C4CC4)c3)cc2N(C(=O)C2CC2)C[C@@H]1C. The van der Waals surface area contributed by atoms with Crippen molar-refractivity contribution in [3.05, 3.63) is 30.6 Å². The van der Waals surface area contributed by atoms with E-state index in [4.69, 9.17) is 0 Å². The summed E-state index contributed by atoms with van der Waals surface area (Å²) in [6.07, 6.45) is 8.31. The molecule has 1 aromatic carbocycles. The van der Waals surface area contributed by atoms with Gasteiger partial charge in [0.2, 0.25) is 11.8 Å². The first-order valence-corrected chi connectivity index (χ1v) is 9.82. The van der Waals surface area contributed by atoms with E-state index in [9.17, 15) is 9.59 Å². The summed E-state index contributed by atoms with van der Waals surface area (Å²) in [5.41, 5.74) is 3.76. The topological polar surface area (TPSA) is 58.4 Å². The molecule has 0 N–H and O–H groups in total. The van der Waals surface area contributed by atoms with Crippen LogP contribution in [0.15, 0.2) is 30.6 Å². The number of carbonyl (C=O) groups is 2. The maximum Gasteiger partial charge on any atom is 0.230 e. The van der Waals surface area contributed by atoms with Crippen LogP contribution in [0.5, 0.6) is 0 Å². The number of amides is 2. The molecule has 6 nitrogen and oxygen atoms in total. The largest absolute Gasteiger partial charge is 0.308 e. The Morgan fingerprint density at radius 2 is 1.85 bits per heavy atom. The van der Waals surface area contributed by atoms with Gasteiger partial charge in [-0.15, -0.1) is 0 Å². The Kier molecular flexibility index (Phi) is 3.64. The Bertz CT molecular complexity index is 926. The standard InChI is InChI=1S/C21H24N4O2/c1-13-11-23(21(27)15-3-4-15)20-9-16(5-8-19(20)25(13)14(2)26)17-10-22-24(12-17)18-6-7-18/h5,8-10,12-13,15,18H,3-4,6-7,11H2,1-2H3/t13-/m0/s1. The van der Waals surface area contributed by atoms with E-state index in [0.29, 0.717) is 12.6 Å². The van der Waals surface area contributed by atoms with E-state index < -0.39 is 0 Å². The highest BCUT2D eigenvalue weighted by Gasteiger charge is 2.39. The van der Waals surface area contributed by atoms with E-state index in [2.05, 4.69) is 11.3 Å². The molecule has 2 aliphatic carbocycles. The molecule has 140 valence electrons. The van der Waals surface area contributed by atoms with Gasteiger partial charge in [0.1, 0.15) is 0 Å². The monoisotopic (exact) mass is 364 g/mol. The summed E-state index contributed by atoms with van der Waals surface area (Å²) >= 11 is 0. The summed E-state index contributed by atoms with van der Waals surface area (Å²) in [6, 6.07) is 6.56. The number of fused-ring (bicyclic) bond motifs is 1. The summed E-state index contributed by atoms with van der Waals surface area (Å²) in [4.78, 5) is 28.8. The van der Waals surface area contributed by atoms with Gasteiger partial charge in [-0.25, -0.2) is 0 Å². The van der Waals surface area contributed by atoms with Gasteiger partial charge in [0.05, 0.1) is 29.7 Å². The van der Waals surface area contributed by atoms with Gasteiger partial charge in [-0.3, -0.25) is 14.3 Å². The van der Waals surface area contributed by atoms with Gasteiger partial charge in [0.15, 0.2) is 0 Å². The van der Waals surface area contributed by atoms with Crippen molar-refractivity contribution in [2.24, 2.45) is 5.92 Å². The van der Waals surface area contributed by atoms with Crippen LogP contribution < -0.4 is 9.80 Å². The summed E-state index contributed by atoms with van der Waals surface area (Å²) in [6.45, 7) is 4.14. The molecule has 2 aromatic rings. The van der Waals surface area contributed by atoms with Crippen molar-refractivity contribution in [1.29, 1.82) is 0 Å². The quantitative estimate of drug-likeness (QED) is 0.839. The summed E-state index contributed by atoms with van der Waals surface area (Å²) in [5.74, 6) is 0.351. The molecule has 27 heavy (non-hydrogen) atoms. The summed E-state index contributed by atoms with van der Waals surface area (Å²) in [5, 5.41) is 4.49. The van der Waals surface area contributed by atoms with Crippen molar-refractivity contribution in [1.82, 2.24) is 9.78 Å². The molecule has 2 saturated carbocycles. The van der Waals surface area contributed by atoms with Crippen LogP contribution >= 0.6 is 0 Å². The number of benzene rings is 1. The molecule has 0 bridgehead atoms. The van der Waals surface area contributed by atoms with Crippen LogP contribution in [0.3, 0.4) is 0 Å². The number of hydrogen-bond donors (Lipinski definition) is 0. The first-order valence-electron chi connectivity index (χ1n) is 9.82. The fraction of sp³-hybridized carbons (Fsp3) is 0.476. The minimum atomic E-state index is -0.0267. The second-order valence-corrected chi connectivity index (χ2v) is 8.10. The smallest absolute Gasteiger partial charge is 0.230 e. The molecule has 0 radical (unpaired) electrons. The second-order valence-electron chi connectivity index (χ2n) is 8.10. The zero-order valence-corrected chi connectivity index (χ0v) is 15.8. The average molecular weight is 364 g/mol. The highest BCUT2D eigenvalue weighted by molar-refractivity contribution is 6.06. The van der Waals surface area contributed by atoms with Gasteiger partial charge < -0.3 is 9.80 Å². The van der Waals surface area contributed by atoms with Crippen molar-refractivity contribution >= 4 is 23.2 Å². The van der Waals surface area contributed by atoms with Gasteiger partial charge in [-0.05, 0) is 50.3 Å². The fourth-order valence-corrected chi connectivity index (χ4v) is 4.07. The van der Waals surface area contributed by atoms with Crippen molar-refractivity contribution in [3.8, 4) is 11.1 Å². The van der Waals surface area contributed by atoms with Crippen LogP contribution in [0.1, 0.15) is 45.6 Å². The zero-order valence-electron chi connectivity index (χ0n) is 15.8. The Labute approximate surface area is 158 Å². The number of carbonyl (C=O) groups excluding carboxylic acids is 2. The Balaban J connectivity index is 1.57. The third kappa shape index (κ3) is 2.83. The van der Waals surface area contributed by atoms with Crippen LogP contribution in [0.4, 0.5) is 11.4 Å². The Morgan fingerprint density at radius 3 is 2.52 bits per heavy atom. The normalized spacial score (nSPS) is 21.9. The lowest BCUT2D eigenvalue weighted by Crippen LogP contribution is -2.51. The molecule has 2 amide bonds. The predicted molar refractivity (Wildman–Crippen MR) is 104 cm³/mol. The van der Waals surface area contributed by atoms with Crippen LogP contribution in [-0.4, -0.2) is 34.2 Å². The van der Waals surface area contributed by atoms with Gasteiger partial charge in [-0.1, -0.05) is 6.07 Å². The maximum absolute atomic E-state index is 12.9. The first-order chi connectivity index (χ1) is 13.0. The van der Waals surface area contributed by atoms with E-state index in [1.807, 2.05) is 45.8 Å². The molecule has 1 aliphatic heterocycles. The van der Waals surface area contributed by atoms with Crippen molar-refractivity contribution in [2.45, 2.75) is 51.6 Å². The molecule has 3 aliphatic rings. The number of anilines is 2. The van der Waals surface area contributed by atoms with Crippen LogP contribution in [0, 0.1) is 5.92 Å². The molecule has 2 fully saturated rings. The van der Waals surface area contributed by atoms with Crippen LogP contribution in [0.2, 0.25) is 0 Å². The number of nitrogens with zero attached hydrogens (tertiary/aromatic N) is 4. The molecular weight excluding hydrogens is 340 g/mol. The lowest BCUT2D eigenvalue weighted by atomic mass is 10.0. The van der Waals surface area contributed by atoms with Gasteiger partial charge >= 0.3 is 0 Å². The van der Waals surface area contributed by atoms with E-state index >= 15 is 0 Å². The molecule has 6 heteroatoms. The van der Waals surface area contributed by atoms with Gasteiger partial charge in [-0.2, -0.15) is 5.10 Å². The zero-order chi connectivity index (χ0) is 18.7. The highest BCUT2D eigenvalue weighted by atomic mass is 16.2. The fourth-order valence-electron chi connectivity index (χ4n) is 4.07. The third-order valence-corrected chi connectivity index (χ3v) is 5.80. The minimum absolute atomic E-state index is 0.0107. The van der Waals surface area contributed by atoms with Gasteiger partial charge in [0.25, 0.3) is 0 Å². The molecule has 0 saturated heterocycles. The molecule has 1 aromatic heterocycles.